The molecule has 160 valence electrons. The molecule has 0 spiro atoms. The molecule has 3 rings (SSSR count). The van der Waals surface area contributed by atoms with Crippen LogP contribution in [0.3, 0.4) is 0 Å². The summed E-state index contributed by atoms with van der Waals surface area (Å²) in [6, 6.07) is 24.5. The van der Waals surface area contributed by atoms with Crippen LogP contribution < -0.4 is 15.4 Å². The SMILES string of the molecule is CCOC(=O)c1ccc(N/C=C(/C#N)C(=O)Nc2ccc(Oc3ccccc3)cc2)cc1. The number of nitrogens with zero attached hydrogens (tertiary/aromatic N) is 1. The van der Waals surface area contributed by atoms with Crippen LogP contribution >= 0.6 is 0 Å². The molecule has 0 saturated carbocycles. The Labute approximate surface area is 185 Å². The Morgan fingerprint density at radius 2 is 1.53 bits per heavy atom. The van der Waals surface area contributed by atoms with Crippen LogP contribution in [0.25, 0.3) is 0 Å². The van der Waals surface area contributed by atoms with Gasteiger partial charge in [0.25, 0.3) is 5.91 Å². The van der Waals surface area contributed by atoms with Crippen LogP contribution in [0.15, 0.2) is 90.6 Å². The normalized spacial score (nSPS) is 10.6. The molecule has 3 aromatic rings. The van der Waals surface area contributed by atoms with E-state index in [1.807, 2.05) is 36.4 Å². The van der Waals surface area contributed by atoms with Gasteiger partial charge in [-0.2, -0.15) is 5.26 Å². The number of anilines is 2. The molecule has 0 aliphatic rings. The number of carbonyl (C=O) groups excluding carboxylic acids is 2. The number of carbonyl (C=O) groups is 2. The quantitative estimate of drug-likeness (QED) is 0.294. The van der Waals surface area contributed by atoms with Crippen molar-refractivity contribution in [2.24, 2.45) is 0 Å². The Hall–Kier alpha value is -4.57. The van der Waals surface area contributed by atoms with Gasteiger partial charge in [-0.15, -0.1) is 0 Å². The second-order valence-corrected chi connectivity index (χ2v) is 6.51. The van der Waals surface area contributed by atoms with E-state index in [4.69, 9.17) is 9.47 Å². The van der Waals surface area contributed by atoms with Gasteiger partial charge in [-0.1, -0.05) is 18.2 Å². The van der Waals surface area contributed by atoms with Gasteiger partial charge >= 0.3 is 5.97 Å². The number of ether oxygens (including phenoxy) is 2. The Bertz CT molecular complexity index is 1130. The first-order chi connectivity index (χ1) is 15.6. The molecule has 0 heterocycles. The van der Waals surface area contributed by atoms with E-state index in [0.717, 1.165) is 0 Å². The van der Waals surface area contributed by atoms with Crippen molar-refractivity contribution in [3.8, 4) is 17.6 Å². The van der Waals surface area contributed by atoms with Crippen molar-refractivity contribution in [2.75, 3.05) is 17.2 Å². The minimum absolute atomic E-state index is 0.107. The molecule has 0 saturated heterocycles. The van der Waals surface area contributed by atoms with E-state index in [2.05, 4.69) is 10.6 Å². The van der Waals surface area contributed by atoms with Crippen molar-refractivity contribution in [1.82, 2.24) is 0 Å². The van der Waals surface area contributed by atoms with Crippen LogP contribution in [0.5, 0.6) is 11.5 Å². The first-order valence-electron chi connectivity index (χ1n) is 9.87. The van der Waals surface area contributed by atoms with Crippen LogP contribution in [0.2, 0.25) is 0 Å². The second-order valence-electron chi connectivity index (χ2n) is 6.51. The average Bonchev–Trinajstić information content (AvgIpc) is 2.82. The molecule has 0 atom stereocenters. The van der Waals surface area contributed by atoms with Crippen molar-refractivity contribution in [3.05, 3.63) is 96.2 Å². The third-order valence-corrected chi connectivity index (χ3v) is 4.24. The van der Waals surface area contributed by atoms with Crippen molar-refractivity contribution < 1.29 is 19.1 Å². The fraction of sp³-hybridized carbons (Fsp3) is 0.0800. The lowest BCUT2D eigenvalue weighted by atomic mass is 10.2. The Balaban J connectivity index is 1.59. The van der Waals surface area contributed by atoms with Gasteiger partial charge in [0.2, 0.25) is 0 Å². The standard InChI is InChI=1S/C25H21N3O4/c1-2-31-25(30)18-8-10-20(11-9-18)27-17-19(16-26)24(29)28-21-12-14-23(15-13-21)32-22-6-4-3-5-7-22/h3-15,17,27H,2H2,1H3,(H,28,29)/b19-17-. The summed E-state index contributed by atoms with van der Waals surface area (Å²) in [4.78, 5) is 24.1. The van der Waals surface area contributed by atoms with Crippen molar-refractivity contribution in [2.45, 2.75) is 6.92 Å². The Kier molecular flexibility index (Phi) is 7.60. The highest BCUT2D eigenvalue weighted by Crippen LogP contribution is 2.22. The molecule has 0 aliphatic heterocycles. The van der Waals surface area contributed by atoms with Gasteiger partial charge in [-0.25, -0.2) is 4.79 Å². The van der Waals surface area contributed by atoms with Crippen LogP contribution in [0.4, 0.5) is 11.4 Å². The van der Waals surface area contributed by atoms with Gasteiger partial charge in [-0.3, -0.25) is 4.79 Å². The molecular weight excluding hydrogens is 406 g/mol. The molecule has 3 aromatic carbocycles. The number of hydrogen-bond acceptors (Lipinski definition) is 6. The fourth-order valence-electron chi connectivity index (χ4n) is 2.65. The highest BCUT2D eigenvalue weighted by Gasteiger charge is 2.10. The number of hydrogen-bond donors (Lipinski definition) is 2. The number of benzene rings is 3. The maximum Gasteiger partial charge on any atom is 0.338 e. The topological polar surface area (TPSA) is 100 Å². The lowest BCUT2D eigenvalue weighted by molar-refractivity contribution is -0.112. The van der Waals surface area contributed by atoms with Gasteiger partial charge < -0.3 is 20.1 Å². The van der Waals surface area contributed by atoms with E-state index >= 15 is 0 Å². The van der Waals surface area contributed by atoms with Gasteiger partial charge in [0.15, 0.2) is 0 Å². The molecule has 0 bridgehead atoms. The second kappa shape index (κ2) is 11.0. The maximum absolute atomic E-state index is 12.4. The predicted octanol–water partition coefficient (Wildman–Crippen LogP) is 5.11. The number of esters is 1. The van der Waals surface area contributed by atoms with E-state index in [-0.39, 0.29) is 5.57 Å². The van der Waals surface area contributed by atoms with Crippen LogP contribution in [-0.2, 0) is 9.53 Å². The van der Waals surface area contributed by atoms with E-state index in [1.54, 1.807) is 55.5 Å². The monoisotopic (exact) mass is 427 g/mol. The van der Waals surface area contributed by atoms with Crippen molar-refractivity contribution in [1.29, 1.82) is 5.26 Å². The van der Waals surface area contributed by atoms with Gasteiger partial charge in [0.05, 0.1) is 12.2 Å². The van der Waals surface area contributed by atoms with E-state index < -0.39 is 11.9 Å². The summed E-state index contributed by atoms with van der Waals surface area (Å²) in [7, 11) is 0. The molecular formula is C25H21N3O4. The number of nitriles is 1. The zero-order chi connectivity index (χ0) is 22.8. The third kappa shape index (κ3) is 6.21. The van der Waals surface area contributed by atoms with Crippen molar-refractivity contribution in [3.63, 3.8) is 0 Å². The van der Waals surface area contributed by atoms with E-state index in [0.29, 0.717) is 35.0 Å². The van der Waals surface area contributed by atoms with Gasteiger partial charge in [0.1, 0.15) is 23.1 Å². The third-order valence-electron chi connectivity index (χ3n) is 4.24. The van der Waals surface area contributed by atoms with Crippen LogP contribution in [0.1, 0.15) is 17.3 Å². The minimum atomic E-state index is -0.556. The highest BCUT2D eigenvalue weighted by molar-refractivity contribution is 6.06. The maximum atomic E-state index is 12.4. The number of nitrogens with one attached hydrogen (secondary N) is 2. The minimum Gasteiger partial charge on any atom is -0.462 e. The molecule has 7 heteroatoms. The molecule has 0 aromatic heterocycles. The smallest absolute Gasteiger partial charge is 0.338 e. The van der Waals surface area contributed by atoms with Crippen LogP contribution in [-0.4, -0.2) is 18.5 Å². The van der Waals surface area contributed by atoms with E-state index in [9.17, 15) is 14.9 Å². The molecule has 1 amide bonds. The largest absolute Gasteiger partial charge is 0.462 e. The molecule has 0 aliphatic carbocycles. The number of para-hydroxylation sites is 1. The number of amides is 1. The predicted molar refractivity (Wildman–Crippen MR) is 121 cm³/mol. The Morgan fingerprint density at radius 1 is 0.906 bits per heavy atom. The highest BCUT2D eigenvalue weighted by atomic mass is 16.5. The average molecular weight is 427 g/mol. The summed E-state index contributed by atoms with van der Waals surface area (Å²) in [5.74, 6) is 0.366. The van der Waals surface area contributed by atoms with Gasteiger partial charge in [0, 0.05) is 17.6 Å². The summed E-state index contributed by atoms with van der Waals surface area (Å²) in [5.41, 5.74) is 1.44. The summed E-state index contributed by atoms with van der Waals surface area (Å²) in [5, 5.41) is 14.9. The molecule has 32 heavy (non-hydrogen) atoms. The van der Waals surface area contributed by atoms with Crippen molar-refractivity contribution >= 4 is 23.3 Å². The number of rotatable bonds is 8. The Morgan fingerprint density at radius 3 is 2.16 bits per heavy atom. The first-order valence-corrected chi connectivity index (χ1v) is 9.87. The molecule has 0 unspecified atom stereocenters. The molecule has 0 radical (unpaired) electrons. The zero-order valence-corrected chi connectivity index (χ0v) is 17.4. The summed E-state index contributed by atoms with van der Waals surface area (Å²) in [6.07, 6.45) is 1.31. The van der Waals surface area contributed by atoms with Gasteiger partial charge in [-0.05, 0) is 67.6 Å². The van der Waals surface area contributed by atoms with E-state index in [1.165, 1.54) is 6.20 Å². The summed E-state index contributed by atoms with van der Waals surface area (Å²) >= 11 is 0. The first kappa shape index (κ1) is 22.1. The van der Waals surface area contributed by atoms with Crippen LogP contribution in [0, 0.1) is 11.3 Å². The fourth-order valence-corrected chi connectivity index (χ4v) is 2.65. The lowest BCUT2D eigenvalue weighted by Gasteiger charge is -2.08. The molecule has 0 fully saturated rings. The zero-order valence-electron chi connectivity index (χ0n) is 17.4. The molecule has 2 N–H and O–H groups in total. The summed E-state index contributed by atoms with van der Waals surface area (Å²) in [6.45, 7) is 2.03. The lowest BCUT2D eigenvalue weighted by Crippen LogP contribution is -2.14. The molecule has 7 nitrogen and oxygen atoms in total. The summed E-state index contributed by atoms with van der Waals surface area (Å²) < 4.78 is 10.6.